The number of anilines is 1. The van der Waals surface area contributed by atoms with E-state index in [9.17, 15) is 0 Å². The van der Waals surface area contributed by atoms with Crippen LogP contribution in [0.3, 0.4) is 0 Å². The predicted molar refractivity (Wildman–Crippen MR) is 109 cm³/mol. The van der Waals surface area contributed by atoms with Crippen LogP contribution in [0.25, 0.3) is 11.5 Å². The molecule has 0 fully saturated rings. The van der Waals surface area contributed by atoms with E-state index in [1.54, 1.807) is 17.5 Å². The largest absolute Gasteiger partial charge is 0.370 e. The average Bonchev–Trinajstić information content (AvgIpc) is 2.96. The summed E-state index contributed by atoms with van der Waals surface area (Å²) in [6.45, 7) is 4.88. The molecule has 0 bridgehead atoms. The summed E-state index contributed by atoms with van der Waals surface area (Å²) in [5.41, 5.74) is 6.28. The van der Waals surface area contributed by atoms with Gasteiger partial charge in [0, 0.05) is 36.1 Å². The number of hydrogen-bond acceptors (Lipinski definition) is 7. The maximum absolute atomic E-state index is 4.83. The molecule has 0 aliphatic carbocycles. The van der Waals surface area contributed by atoms with Gasteiger partial charge in [-0.05, 0) is 44.9 Å². The number of aryl methyl sites for hydroxylation is 2. The zero-order valence-corrected chi connectivity index (χ0v) is 16.4. The highest BCUT2D eigenvalue weighted by atomic mass is 32.1. The number of rotatable bonds is 6. The Balaban J connectivity index is 1.53. The molecule has 0 saturated carbocycles. The van der Waals surface area contributed by atoms with Crippen LogP contribution in [0, 0.1) is 6.92 Å². The van der Waals surface area contributed by atoms with Crippen molar-refractivity contribution in [3.63, 3.8) is 0 Å². The van der Waals surface area contributed by atoms with Crippen LogP contribution in [0.15, 0.2) is 29.9 Å². The van der Waals surface area contributed by atoms with E-state index in [2.05, 4.69) is 27.5 Å². The van der Waals surface area contributed by atoms with Gasteiger partial charge in [0.25, 0.3) is 0 Å². The molecule has 0 spiro atoms. The molecule has 7 heteroatoms. The minimum Gasteiger partial charge on any atom is -0.370 e. The Morgan fingerprint density at radius 3 is 2.89 bits per heavy atom. The van der Waals surface area contributed by atoms with E-state index in [4.69, 9.17) is 9.97 Å². The lowest BCUT2D eigenvalue weighted by Gasteiger charge is -2.14. The topological polar surface area (TPSA) is 75.6 Å². The van der Waals surface area contributed by atoms with Crippen molar-refractivity contribution >= 4 is 17.2 Å². The van der Waals surface area contributed by atoms with Gasteiger partial charge in [0.15, 0.2) is 5.82 Å². The first kappa shape index (κ1) is 18.0. The van der Waals surface area contributed by atoms with Gasteiger partial charge in [0.1, 0.15) is 11.5 Å². The van der Waals surface area contributed by atoms with Crippen molar-refractivity contribution in [1.82, 2.24) is 25.3 Å². The Labute approximate surface area is 163 Å². The van der Waals surface area contributed by atoms with Crippen molar-refractivity contribution in [3.05, 3.63) is 51.7 Å². The zero-order chi connectivity index (χ0) is 18.5. The minimum atomic E-state index is 0.706. The van der Waals surface area contributed by atoms with Gasteiger partial charge in [-0.3, -0.25) is 4.98 Å². The summed E-state index contributed by atoms with van der Waals surface area (Å²) in [7, 11) is 0. The van der Waals surface area contributed by atoms with Gasteiger partial charge in [0.05, 0.1) is 16.9 Å². The third kappa shape index (κ3) is 4.31. The summed E-state index contributed by atoms with van der Waals surface area (Å²) in [4.78, 5) is 19.8. The Hall–Kier alpha value is -2.38. The lowest BCUT2D eigenvalue weighted by atomic mass is 10.1. The second kappa shape index (κ2) is 8.54. The van der Waals surface area contributed by atoms with E-state index in [0.717, 1.165) is 68.2 Å². The number of aromatic nitrogens is 4. The van der Waals surface area contributed by atoms with Gasteiger partial charge in [-0.1, -0.05) is 6.07 Å². The molecule has 0 amide bonds. The fraction of sp³-hybridized carbons (Fsp3) is 0.400. The molecule has 0 saturated heterocycles. The molecule has 3 aromatic rings. The molecule has 0 aromatic carbocycles. The lowest BCUT2D eigenvalue weighted by molar-refractivity contribution is 0.708. The number of thiazole rings is 1. The maximum atomic E-state index is 4.83. The standard InChI is InChI=1S/C20H24N6S/c1-14-18(27-13-24-14)6-4-10-23-19-15-7-11-21-12-8-16(15)25-20(26-19)17-5-2-3-9-22-17/h2-3,5,9,13,21H,4,6-8,10-12H2,1H3,(H,23,25,26). The lowest BCUT2D eigenvalue weighted by Crippen LogP contribution is -2.16. The third-order valence-electron chi connectivity index (χ3n) is 4.80. The highest BCUT2D eigenvalue weighted by Gasteiger charge is 2.17. The van der Waals surface area contributed by atoms with Crippen LogP contribution in [-0.4, -0.2) is 39.6 Å². The first-order valence-corrected chi connectivity index (χ1v) is 10.3. The van der Waals surface area contributed by atoms with E-state index in [0.29, 0.717) is 5.82 Å². The summed E-state index contributed by atoms with van der Waals surface area (Å²) in [6.07, 6.45) is 5.77. The molecule has 0 unspecified atom stereocenters. The summed E-state index contributed by atoms with van der Waals surface area (Å²) in [5, 5.41) is 7.03. The minimum absolute atomic E-state index is 0.706. The molecule has 0 atom stereocenters. The Morgan fingerprint density at radius 2 is 2.07 bits per heavy atom. The normalized spacial score (nSPS) is 13.8. The number of hydrogen-bond donors (Lipinski definition) is 2. The quantitative estimate of drug-likeness (QED) is 0.640. The third-order valence-corrected chi connectivity index (χ3v) is 5.79. The SMILES string of the molecule is Cc1ncsc1CCCNc1nc(-c2ccccn2)nc2c1CCNCC2. The molecule has 27 heavy (non-hydrogen) atoms. The van der Waals surface area contributed by atoms with Gasteiger partial charge in [-0.25, -0.2) is 15.0 Å². The van der Waals surface area contributed by atoms with Crippen molar-refractivity contribution in [1.29, 1.82) is 0 Å². The second-order valence-electron chi connectivity index (χ2n) is 6.68. The van der Waals surface area contributed by atoms with Gasteiger partial charge in [-0.15, -0.1) is 11.3 Å². The summed E-state index contributed by atoms with van der Waals surface area (Å²) >= 11 is 1.74. The highest BCUT2D eigenvalue weighted by Crippen LogP contribution is 2.24. The number of fused-ring (bicyclic) bond motifs is 1. The Bertz CT molecular complexity index is 893. The molecule has 140 valence electrons. The van der Waals surface area contributed by atoms with Crippen molar-refractivity contribution in [3.8, 4) is 11.5 Å². The van der Waals surface area contributed by atoms with Crippen molar-refractivity contribution in [2.24, 2.45) is 0 Å². The number of nitrogens with zero attached hydrogens (tertiary/aromatic N) is 4. The van der Waals surface area contributed by atoms with E-state index in [-0.39, 0.29) is 0 Å². The van der Waals surface area contributed by atoms with Crippen LogP contribution in [0.2, 0.25) is 0 Å². The molecule has 0 radical (unpaired) electrons. The van der Waals surface area contributed by atoms with Crippen molar-refractivity contribution < 1.29 is 0 Å². The van der Waals surface area contributed by atoms with Crippen LogP contribution in [0.4, 0.5) is 5.82 Å². The Morgan fingerprint density at radius 1 is 1.15 bits per heavy atom. The molecular formula is C20H24N6S. The molecule has 2 N–H and O–H groups in total. The van der Waals surface area contributed by atoms with Gasteiger partial charge in [-0.2, -0.15) is 0 Å². The van der Waals surface area contributed by atoms with Gasteiger partial charge < -0.3 is 10.6 Å². The first-order chi connectivity index (χ1) is 13.3. The molecule has 1 aliphatic heterocycles. The monoisotopic (exact) mass is 380 g/mol. The molecule has 3 aromatic heterocycles. The fourth-order valence-electron chi connectivity index (χ4n) is 3.32. The van der Waals surface area contributed by atoms with E-state index >= 15 is 0 Å². The van der Waals surface area contributed by atoms with E-state index in [1.165, 1.54) is 10.4 Å². The predicted octanol–water partition coefficient (Wildman–Crippen LogP) is 3.04. The van der Waals surface area contributed by atoms with Gasteiger partial charge >= 0.3 is 0 Å². The first-order valence-electron chi connectivity index (χ1n) is 9.46. The van der Waals surface area contributed by atoms with Crippen LogP contribution in [-0.2, 0) is 19.3 Å². The van der Waals surface area contributed by atoms with Crippen LogP contribution < -0.4 is 10.6 Å². The van der Waals surface area contributed by atoms with Crippen molar-refractivity contribution in [2.75, 3.05) is 25.0 Å². The van der Waals surface area contributed by atoms with E-state index < -0.39 is 0 Å². The number of nitrogens with one attached hydrogen (secondary N) is 2. The van der Waals surface area contributed by atoms with Gasteiger partial charge in [0.2, 0.25) is 0 Å². The maximum Gasteiger partial charge on any atom is 0.180 e. The average molecular weight is 381 g/mol. The summed E-state index contributed by atoms with van der Waals surface area (Å²) in [5.74, 6) is 1.67. The molecular weight excluding hydrogens is 356 g/mol. The Kier molecular flexibility index (Phi) is 5.69. The van der Waals surface area contributed by atoms with Crippen LogP contribution in [0.5, 0.6) is 0 Å². The van der Waals surface area contributed by atoms with Crippen LogP contribution in [0.1, 0.15) is 28.2 Å². The second-order valence-corrected chi connectivity index (χ2v) is 7.62. The van der Waals surface area contributed by atoms with Crippen LogP contribution >= 0.6 is 11.3 Å². The zero-order valence-electron chi connectivity index (χ0n) is 15.5. The summed E-state index contributed by atoms with van der Waals surface area (Å²) in [6, 6.07) is 5.86. The molecule has 1 aliphatic rings. The molecule has 4 rings (SSSR count). The highest BCUT2D eigenvalue weighted by molar-refractivity contribution is 7.09. The fourth-order valence-corrected chi connectivity index (χ4v) is 4.15. The van der Waals surface area contributed by atoms with E-state index in [1.807, 2.05) is 23.7 Å². The van der Waals surface area contributed by atoms with Crippen molar-refractivity contribution in [2.45, 2.75) is 32.6 Å². The molecule has 4 heterocycles. The summed E-state index contributed by atoms with van der Waals surface area (Å²) < 4.78 is 0. The molecule has 6 nitrogen and oxygen atoms in total. The number of pyridine rings is 1. The smallest absolute Gasteiger partial charge is 0.180 e.